The maximum absolute atomic E-state index is 12.1. The monoisotopic (exact) mass is 390 g/mol. The number of amides is 1. The molecule has 6 heteroatoms. The summed E-state index contributed by atoms with van der Waals surface area (Å²) >= 11 is 4.93. The van der Waals surface area contributed by atoms with Crippen LogP contribution in [0.5, 0.6) is 0 Å². The fourth-order valence-electron chi connectivity index (χ4n) is 2.13. The molecule has 0 saturated heterocycles. The summed E-state index contributed by atoms with van der Waals surface area (Å²) in [5.74, 6) is 0.755. The average Bonchev–Trinajstić information content (AvgIpc) is 3.17. The van der Waals surface area contributed by atoms with Crippen molar-refractivity contribution < 1.29 is 9.21 Å². The third kappa shape index (κ3) is 4.09. The fraction of sp³-hybridized carbons (Fsp3) is 0.176. The molecule has 0 aliphatic carbocycles. The second-order valence-electron chi connectivity index (χ2n) is 5.08. The highest BCUT2D eigenvalue weighted by molar-refractivity contribution is 9.10. The van der Waals surface area contributed by atoms with Gasteiger partial charge in [-0.05, 0) is 36.8 Å². The summed E-state index contributed by atoms with van der Waals surface area (Å²) in [6, 6.07) is 11.5. The molecule has 3 rings (SSSR count). The van der Waals surface area contributed by atoms with E-state index in [0.717, 1.165) is 31.4 Å². The van der Waals surface area contributed by atoms with Gasteiger partial charge in [0.2, 0.25) is 5.91 Å². The number of furan rings is 1. The molecule has 4 nitrogen and oxygen atoms in total. The third-order valence-electron chi connectivity index (χ3n) is 3.35. The summed E-state index contributed by atoms with van der Waals surface area (Å²) in [6.07, 6.45) is 2.00. The number of thiazole rings is 1. The van der Waals surface area contributed by atoms with Crippen LogP contribution in [-0.4, -0.2) is 10.9 Å². The smallest absolute Gasteiger partial charge is 0.224 e. The quantitative estimate of drug-likeness (QED) is 0.704. The summed E-state index contributed by atoms with van der Waals surface area (Å²) in [7, 11) is 0. The Kier molecular flexibility index (Phi) is 4.93. The van der Waals surface area contributed by atoms with Gasteiger partial charge in [-0.2, -0.15) is 0 Å². The lowest BCUT2D eigenvalue weighted by molar-refractivity contribution is -0.120. The molecule has 118 valence electrons. The second-order valence-corrected chi connectivity index (χ2v) is 7.08. The molecule has 0 unspecified atom stereocenters. The van der Waals surface area contributed by atoms with Crippen LogP contribution in [0.2, 0.25) is 0 Å². The molecular formula is C17H15BrN2O2S. The minimum atomic E-state index is -0.000305. The standard InChI is InChI=1S/C17H15BrN2O2S/c1-11-15(23-17(20-11)14-3-2-8-22-14)10-19-16(21)9-12-4-6-13(18)7-5-12/h2-8H,9-10H2,1H3,(H,19,21). The Bertz CT molecular complexity index is 795. The van der Waals surface area contributed by atoms with E-state index in [4.69, 9.17) is 4.42 Å². The van der Waals surface area contributed by atoms with Crippen molar-refractivity contribution in [2.24, 2.45) is 0 Å². The number of hydrogen-bond acceptors (Lipinski definition) is 4. The predicted octanol–water partition coefficient (Wildman–Crippen LogP) is 4.33. The number of nitrogens with one attached hydrogen (secondary N) is 1. The normalized spacial score (nSPS) is 10.7. The zero-order valence-corrected chi connectivity index (χ0v) is 14.9. The van der Waals surface area contributed by atoms with Crippen molar-refractivity contribution in [3.05, 3.63) is 63.3 Å². The summed E-state index contributed by atoms with van der Waals surface area (Å²) in [6.45, 7) is 2.43. The summed E-state index contributed by atoms with van der Waals surface area (Å²) < 4.78 is 6.37. The topological polar surface area (TPSA) is 55.1 Å². The highest BCUT2D eigenvalue weighted by Gasteiger charge is 2.12. The molecule has 3 aromatic rings. The van der Waals surface area contributed by atoms with E-state index in [9.17, 15) is 4.79 Å². The van der Waals surface area contributed by atoms with Gasteiger partial charge < -0.3 is 9.73 Å². The van der Waals surface area contributed by atoms with Crippen LogP contribution >= 0.6 is 27.3 Å². The predicted molar refractivity (Wildman–Crippen MR) is 94.2 cm³/mol. The molecule has 0 atom stereocenters. The Hall–Kier alpha value is -1.92. The first-order valence-electron chi connectivity index (χ1n) is 7.13. The molecule has 0 bridgehead atoms. The van der Waals surface area contributed by atoms with Crippen molar-refractivity contribution in [3.8, 4) is 10.8 Å². The zero-order chi connectivity index (χ0) is 16.2. The van der Waals surface area contributed by atoms with Crippen molar-refractivity contribution in [3.63, 3.8) is 0 Å². The highest BCUT2D eigenvalue weighted by Crippen LogP contribution is 2.28. The van der Waals surface area contributed by atoms with E-state index in [-0.39, 0.29) is 5.91 Å². The van der Waals surface area contributed by atoms with Gasteiger partial charge in [0.1, 0.15) is 0 Å². The van der Waals surface area contributed by atoms with Gasteiger partial charge in [0.05, 0.1) is 24.9 Å². The minimum absolute atomic E-state index is 0.000305. The molecule has 0 saturated carbocycles. The summed E-state index contributed by atoms with van der Waals surface area (Å²) in [5, 5.41) is 3.79. The molecule has 1 N–H and O–H groups in total. The van der Waals surface area contributed by atoms with E-state index in [2.05, 4.69) is 26.2 Å². The van der Waals surface area contributed by atoms with Crippen molar-refractivity contribution in [2.45, 2.75) is 19.9 Å². The molecule has 23 heavy (non-hydrogen) atoms. The van der Waals surface area contributed by atoms with Gasteiger partial charge >= 0.3 is 0 Å². The SMILES string of the molecule is Cc1nc(-c2ccco2)sc1CNC(=O)Cc1ccc(Br)cc1. The number of hydrogen-bond donors (Lipinski definition) is 1. The largest absolute Gasteiger partial charge is 0.462 e. The lowest BCUT2D eigenvalue weighted by Crippen LogP contribution is -2.24. The molecule has 0 spiro atoms. The van der Waals surface area contributed by atoms with Crippen LogP contribution in [0.3, 0.4) is 0 Å². The Balaban J connectivity index is 1.59. The van der Waals surface area contributed by atoms with Crippen LogP contribution in [0.4, 0.5) is 0 Å². The van der Waals surface area contributed by atoms with Crippen LogP contribution in [0.25, 0.3) is 10.8 Å². The molecule has 0 aliphatic rings. The highest BCUT2D eigenvalue weighted by atomic mass is 79.9. The van der Waals surface area contributed by atoms with Gasteiger partial charge in [-0.1, -0.05) is 28.1 Å². The van der Waals surface area contributed by atoms with E-state index in [1.807, 2.05) is 43.3 Å². The van der Waals surface area contributed by atoms with Crippen LogP contribution in [0.15, 0.2) is 51.6 Å². The maximum atomic E-state index is 12.1. The molecule has 0 fully saturated rings. The number of carbonyl (C=O) groups excluding carboxylic acids is 1. The molecule has 2 aromatic heterocycles. The van der Waals surface area contributed by atoms with E-state index in [1.165, 1.54) is 0 Å². The maximum Gasteiger partial charge on any atom is 0.224 e. The Labute approximate surface area is 146 Å². The number of aromatic nitrogens is 1. The molecule has 2 heterocycles. The van der Waals surface area contributed by atoms with Crippen molar-refractivity contribution in [2.75, 3.05) is 0 Å². The second kappa shape index (κ2) is 7.10. The van der Waals surface area contributed by atoms with Crippen molar-refractivity contribution >= 4 is 33.2 Å². The minimum Gasteiger partial charge on any atom is -0.462 e. The van der Waals surface area contributed by atoms with Gasteiger partial charge in [-0.3, -0.25) is 4.79 Å². The zero-order valence-electron chi connectivity index (χ0n) is 12.5. The molecule has 1 aromatic carbocycles. The first-order valence-corrected chi connectivity index (χ1v) is 8.74. The van der Waals surface area contributed by atoms with E-state index in [1.54, 1.807) is 17.6 Å². The number of aryl methyl sites for hydroxylation is 1. The summed E-state index contributed by atoms with van der Waals surface area (Å²) in [4.78, 5) is 17.6. The van der Waals surface area contributed by atoms with E-state index in [0.29, 0.717) is 13.0 Å². The first kappa shape index (κ1) is 16.0. The van der Waals surface area contributed by atoms with E-state index >= 15 is 0 Å². The third-order valence-corrected chi connectivity index (χ3v) is 5.05. The van der Waals surface area contributed by atoms with Gasteiger partial charge in [-0.15, -0.1) is 11.3 Å². The number of carbonyl (C=O) groups is 1. The molecule has 1 amide bonds. The molecular weight excluding hydrogens is 376 g/mol. The van der Waals surface area contributed by atoms with E-state index < -0.39 is 0 Å². The summed E-state index contributed by atoms with van der Waals surface area (Å²) in [5.41, 5.74) is 1.91. The lowest BCUT2D eigenvalue weighted by Gasteiger charge is -2.04. The average molecular weight is 391 g/mol. The van der Waals surface area contributed by atoms with Crippen LogP contribution in [0, 0.1) is 6.92 Å². The van der Waals surface area contributed by atoms with Gasteiger partial charge in [0.25, 0.3) is 0 Å². The van der Waals surface area contributed by atoms with Gasteiger partial charge in [0, 0.05) is 9.35 Å². The fourth-order valence-corrected chi connectivity index (χ4v) is 3.36. The van der Waals surface area contributed by atoms with Crippen LogP contribution in [0.1, 0.15) is 16.1 Å². The first-order chi connectivity index (χ1) is 11.1. The Morgan fingerprint density at radius 3 is 2.78 bits per heavy atom. The number of nitrogens with zero attached hydrogens (tertiary/aromatic N) is 1. The Morgan fingerprint density at radius 2 is 2.09 bits per heavy atom. The lowest BCUT2D eigenvalue weighted by atomic mass is 10.1. The molecule has 0 radical (unpaired) electrons. The number of benzene rings is 1. The van der Waals surface area contributed by atoms with Crippen molar-refractivity contribution in [1.29, 1.82) is 0 Å². The van der Waals surface area contributed by atoms with Crippen LogP contribution in [-0.2, 0) is 17.8 Å². The molecule has 0 aliphatic heterocycles. The number of halogens is 1. The number of rotatable bonds is 5. The van der Waals surface area contributed by atoms with Crippen molar-refractivity contribution in [1.82, 2.24) is 10.3 Å². The van der Waals surface area contributed by atoms with Crippen LogP contribution < -0.4 is 5.32 Å². The Morgan fingerprint density at radius 1 is 1.30 bits per heavy atom. The van der Waals surface area contributed by atoms with Gasteiger partial charge in [0.15, 0.2) is 10.8 Å². The van der Waals surface area contributed by atoms with Gasteiger partial charge in [-0.25, -0.2) is 4.98 Å².